The highest BCUT2D eigenvalue weighted by atomic mass is 16.1. The number of aromatic nitrogens is 2. The third kappa shape index (κ3) is 2.06. The smallest absolute Gasteiger partial charge is 0.198 e. The highest BCUT2D eigenvalue weighted by molar-refractivity contribution is 6.11. The molecule has 2 rings (SSSR count). The number of hydrogen-bond acceptors (Lipinski definition) is 3. The molecule has 2 aromatic rings. The third-order valence-electron chi connectivity index (χ3n) is 2.71. The zero-order valence-corrected chi connectivity index (χ0v) is 10.2. The summed E-state index contributed by atoms with van der Waals surface area (Å²) in [7, 11) is 1.72. The first kappa shape index (κ1) is 11.4. The van der Waals surface area contributed by atoms with Gasteiger partial charge in [-0.25, -0.2) is 0 Å². The molecular weight excluding hydrogens is 214 g/mol. The maximum absolute atomic E-state index is 12.3. The summed E-state index contributed by atoms with van der Waals surface area (Å²) in [5, 5.41) is 3.98. The molecule has 0 spiro atoms. The van der Waals surface area contributed by atoms with Crippen LogP contribution in [0.1, 0.15) is 27.0 Å². The molecule has 0 unspecified atom stereocenters. The number of aryl methyl sites for hydroxylation is 3. The van der Waals surface area contributed by atoms with Gasteiger partial charge in [-0.2, -0.15) is 5.10 Å². The molecule has 1 aromatic carbocycles. The third-order valence-corrected chi connectivity index (χ3v) is 2.71. The molecule has 1 aromatic heterocycles. The lowest BCUT2D eigenvalue weighted by atomic mass is 10.0. The first-order chi connectivity index (χ1) is 7.99. The van der Waals surface area contributed by atoms with Crippen LogP contribution in [0.5, 0.6) is 0 Å². The molecule has 1 heterocycles. The average Bonchev–Trinajstić information content (AvgIpc) is 2.57. The Bertz CT molecular complexity index is 564. The van der Waals surface area contributed by atoms with Crippen LogP contribution in [0.3, 0.4) is 0 Å². The second-order valence-electron chi connectivity index (χ2n) is 4.27. The van der Waals surface area contributed by atoms with Crippen molar-refractivity contribution in [1.29, 1.82) is 0 Å². The van der Waals surface area contributed by atoms with Crippen molar-refractivity contribution in [2.45, 2.75) is 13.8 Å². The summed E-state index contributed by atoms with van der Waals surface area (Å²) in [5.74, 6) is 0.316. The van der Waals surface area contributed by atoms with Gasteiger partial charge in [-0.15, -0.1) is 0 Å². The monoisotopic (exact) mass is 229 g/mol. The van der Waals surface area contributed by atoms with Gasteiger partial charge in [-0.3, -0.25) is 9.48 Å². The molecular formula is C13H15N3O. The van der Waals surface area contributed by atoms with E-state index in [0.717, 1.165) is 11.1 Å². The molecule has 0 fully saturated rings. The molecule has 0 saturated heterocycles. The van der Waals surface area contributed by atoms with E-state index in [0.29, 0.717) is 16.9 Å². The van der Waals surface area contributed by atoms with Gasteiger partial charge in [0.1, 0.15) is 5.82 Å². The zero-order valence-electron chi connectivity index (χ0n) is 10.2. The number of carbonyl (C=O) groups is 1. The molecule has 88 valence electrons. The van der Waals surface area contributed by atoms with E-state index < -0.39 is 0 Å². The summed E-state index contributed by atoms with van der Waals surface area (Å²) in [6.45, 7) is 3.94. The summed E-state index contributed by atoms with van der Waals surface area (Å²) >= 11 is 0. The number of nitrogens with zero attached hydrogens (tertiary/aromatic N) is 2. The van der Waals surface area contributed by atoms with E-state index in [2.05, 4.69) is 5.10 Å². The van der Waals surface area contributed by atoms with E-state index in [-0.39, 0.29) is 5.78 Å². The van der Waals surface area contributed by atoms with Crippen molar-refractivity contribution >= 4 is 11.6 Å². The van der Waals surface area contributed by atoms with Gasteiger partial charge < -0.3 is 5.73 Å². The van der Waals surface area contributed by atoms with E-state index in [1.54, 1.807) is 7.05 Å². The van der Waals surface area contributed by atoms with Crippen molar-refractivity contribution in [3.05, 3.63) is 46.6 Å². The zero-order chi connectivity index (χ0) is 12.6. The summed E-state index contributed by atoms with van der Waals surface area (Å²) in [6.07, 6.45) is 1.51. The van der Waals surface area contributed by atoms with E-state index in [1.165, 1.54) is 10.9 Å². The normalized spacial score (nSPS) is 10.5. The highest BCUT2D eigenvalue weighted by Gasteiger charge is 2.16. The Balaban J connectivity index is 2.47. The summed E-state index contributed by atoms with van der Waals surface area (Å²) in [4.78, 5) is 12.3. The minimum absolute atomic E-state index is 0.0811. The molecule has 17 heavy (non-hydrogen) atoms. The number of carbonyl (C=O) groups excluding carboxylic acids is 1. The van der Waals surface area contributed by atoms with E-state index in [4.69, 9.17) is 5.73 Å². The second-order valence-corrected chi connectivity index (χ2v) is 4.27. The molecule has 0 saturated carbocycles. The maximum atomic E-state index is 12.3. The Hall–Kier alpha value is -2.10. The predicted molar refractivity (Wildman–Crippen MR) is 67.0 cm³/mol. The van der Waals surface area contributed by atoms with Gasteiger partial charge in [0.2, 0.25) is 0 Å². The lowest BCUT2D eigenvalue weighted by molar-refractivity contribution is 0.103. The topological polar surface area (TPSA) is 60.9 Å². The van der Waals surface area contributed by atoms with Crippen LogP contribution in [-0.4, -0.2) is 15.6 Å². The van der Waals surface area contributed by atoms with Crippen molar-refractivity contribution in [2.75, 3.05) is 5.73 Å². The number of rotatable bonds is 2. The number of ketones is 1. The van der Waals surface area contributed by atoms with Crippen molar-refractivity contribution in [2.24, 2.45) is 7.05 Å². The largest absolute Gasteiger partial charge is 0.383 e. The standard InChI is InChI=1S/C13H15N3O/c1-8-4-9(2)6-10(5-8)12(17)11-7-15-16(3)13(11)14/h4-7H,14H2,1-3H3. The molecule has 0 aliphatic carbocycles. The van der Waals surface area contributed by atoms with E-state index >= 15 is 0 Å². The first-order valence-electron chi connectivity index (χ1n) is 5.39. The summed E-state index contributed by atoms with van der Waals surface area (Å²) in [5.41, 5.74) is 9.04. The molecule has 0 bridgehead atoms. The van der Waals surface area contributed by atoms with E-state index in [9.17, 15) is 4.79 Å². The van der Waals surface area contributed by atoms with Crippen molar-refractivity contribution in [3.63, 3.8) is 0 Å². The number of hydrogen-bond donors (Lipinski definition) is 1. The molecule has 0 radical (unpaired) electrons. The quantitative estimate of drug-likeness (QED) is 0.799. The van der Waals surface area contributed by atoms with Crippen LogP contribution >= 0.6 is 0 Å². The number of benzene rings is 1. The second kappa shape index (κ2) is 4.05. The van der Waals surface area contributed by atoms with Crippen LogP contribution in [0.2, 0.25) is 0 Å². The van der Waals surface area contributed by atoms with Gasteiger partial charge in [0.15, 0.2) is 5.78 Å². The minimum atomic E-state index is -0.0811. The van der Waals surface area contributed by atoms with Crippen molar-refractivity contribution < 1.29 is 4.79 Å². The van der Waals surface area contributed by atoms with Gasteiger partial charge in [-0.1, -0.05) is 17.2 Å². The first-order valence-corrected chi connectivity index (χ1v) is 5.39. The van der Waals surface area contributed by atoms with Crippen molar-refractivity contribution in [1.82, 2.24) is 9.78 Å². The van der Waals surface area contributed by atoms with Gasteiger partial charge in [0.05, 0.1) is 11.8 Å². The minimum Gasteiger partial charge on any atom is -0.383 e. The fourth-order valence-corrected chi connectivity index (χ4v) is 1.88. The van der Waals surface area contributed by atoms with Gasteiger partial charge in [0, 0.05) is 12.6 Å². The Morgan fingerprint density at radius 3 is 2.29 bits per heavy atom. The molecule has 0 atom stereocenters. The van der Waals surface area contributed by atoms with Crippen LogP contribution < -0.4 is 5.73 Å². The van der Waals surface area contributed by atoms with Gasteiger partial charge >= 0.3 is 0 Å². The van der Waals surface area contributed by atoms with Gasteiger partial charge in [-0.05, 0) is 26.0 Å². The Kier molecular flexibility index (Phi) is 2.71. The fraction of sp³-hybridized carbons (Fsp3) is 0.231. The van der Waals surface area contributed by atoms with Crippen molar-refractivity contribution in [3.8, 4) is 0 Å². The predicted octanol–water partition coefficient (Wildman–Crippen LogP) is 1.85. The van der Waals surface area contributed by atoms with Crippen LogP contribution in [-0.2, 0) is 7.05 Å². The summed E-state index contributed by atoms with van der Waals surface area (Å²) < 4.78 is 1.50. The molecule has 0 amide bonds. The van der Waals surface area contributed by atoms with Crippen LogP contribution in [0, 0.1) is 13.8 Å². The molecule has 0 aliphatic rings. The van der Waals surface area contributed by atoms with Crippen LogP contribution in [0.4, 0.5) is 5.82 Å². The number of nitrogen functional groups attached to an aromatic ring is 1. The maximum Gasteiger partial charge on any atom is 0.198 e. The van der Waals surface area contributed by atoms with Crippen LogP contribution in [0.15, 0.2) is 24.4 Å². The Morgan fingerprint density at radius 1 is 1.24 bits per heavy atom. The lowest BCUT2D eigenvalue weighted by Gasteiger charge is -2.04. The van der Waals surface area contributed by atoms with E-state index in [1.807, 2.05) is 32.0 Å². The lowest BCUT2D eigenvalue weighted by Crippen LogP contribution is -2.06. The average molecular weight is 229 g/mol. The molecule has 4 heteroatoms. The van der Waals surface area contributed by atoms with Crippen LogP contribution in [0.25, 0.3) is 0 Å². The Morgan fingerprint density at radius 2 is 1.82 bits per heavy atom. The van der Waals surface area contributed by atoms with Gasteiger partial charge in [0.25, 0.3) is 0 Å². The fourth-order valence-electron chi connectivity index (χ4n) is 1.88. The molecule has 0 aliphatic heterocycles. The number of anilines is 1. The Labute approximate surface area is 100 Å². The SMILES string of the molecule is Cc1cc(C)cc(C(=O)c2cnn(C)c2N)c1. The molecule has 2 N–H and O–H groups in total. The molecule has 4 nitrogen and oxygen atoms in total. The number of nitrogens with two attached hydrogens (primary N) is 1. The summed E-state index contributed by atoms with van der Waals surface area (Å²) in [6, 6.07) is 5.76. The highest BCUT2D eigenvalue weighted by Crippen LogP contribution is 2.17.